The van der Waals surface area contributed by atoms with E-state index in [1.165, 1.54) is 22.7 Å². The number of aromatic nitrogens is 2. The second-order valence-electron chi connectivity index (χ2n) is 18.4. The number of hydrogen-bond donors (Lipinski definition) is 4. The van der Waals surface area contributed by atoms with Gasteiger partial charge in [0.1, 0.15) is 48.1 Å². The van der Waals surface area contributed by atoms with Gasteiger partial charge in [-0.25, -0.2) is 14.8 Å². The smallest absolute Gasteiger partial charge is 0.408 e. The fourth-order valence-corrected chi connectivity index (χ4v) is 10.4. The average molecular weight is 890 g/mol. The van der Waals surface area contributed by atoms with Gasteiger partial charge < -0.3 is 45.3 Å². The number of hydrogen-bond acceptors (Lipinski definition) is 13. The lowest BCUT2D eigenvalue weighted by atomic mass is 10.0. The minimum atomic E-state index is -0.941. The lowest BCUT2D eigenvalue weighted by Crippen LogP contribution is -2.53. The molecule has 5 fully saturated rings. The van der Waals surface area contributed by atoms with Crippen LogP contribution in [0.3, 0.4) is 0 Å². The molecule has 8 atom stereocenters. The van der Waals surface area contributed by atoms with Gasteiger partial charge >= 0.3 is 12.1 Å². The van der Waals surface area contributed by atoms with Crippen molar-refractivity contribution in [2.75, 3.05) is 51.3 Å². The molecule has 5 N–H and O–H groups in total. The molecule has 4 heterocycles. The van der Waals surface area contributed by atoms with Crippen molar-refractivity contribution >= 4 is 51.2 Å². The fourth-order valence-electron chi connectivity index (χ4n) is 9.59. The minimum absolute atomic E-state index is 0.0885. The summed E-state index contributed by atoms with van der Waals surface area (Å²) in [5, 5.41) is 18.9. The van der Waals surface area contributed by atoms with E-state index in [0.29, 0.717) is 59.7 Å². The molecule has 0 bridgehead atoms. The van der Waals surface area contributed by atoms with Crippen molar-refractivity contribution in [3.05, 3.63) is 29.6 Å². The van der Waals surface area contributed by atoms with Gasteiger partial charge in [0.2, 0.25) is 11.8 Å². The number of fused-ring (bicyclic) bond motifs is 2. The molecule has 0 spiro atoms. The van der Waals surface area contributed by atoms with Gasteiger partial charge in [0.15, 0.2) is 5.13 Å². The highest BCUT2D eigenvalue weighted by molar-refractivity contribution is 7.14. The number of anilines is 1. The topological polar surface area (TPSA) is 208 Å². The molecule has 0 radical (unpaired) electrons. The van der Waals surface area contributed by atoms with E-state index in [0.717, 1.165) is 94.7 Å². The summed E-state index contributed by atoms with van der Waals surface area (Å²) in [5.41, 5.74) is 7.91. The third-order valence-electron chi connectivity index (χ3n) is 13.2. The Labute approximate surface area is 372 Å². The summed E-state index contributed by atoms with van der Waals surface area (Å²) >= 11 is 1.49. The van der Waals surface area contributed by atoms with Crippen molar-refractivity contribution in [1.29, 1.82) is 0 Å². The molecular formula is C46H63N7O9S. The number of benzene rings is 1. The molecule has 2 aromatic heterocycles. The lowest BCUT2D eigenvalue weighted by Gasteiger charge is -2.28. The number of morpholine rings is 1. The first-order chi connectivity index (χ1) is 30.5. The van der Waals surface area contributed by atoms with Crippen molar-refractivity contribution in [1.82, 2.24) is 25.1 Å². The van der Waals surface area contributed by atoms with Crippen LogP contribution in [0.5, 0.6) is 11.5 Å². The van der Waals surface area contributed by atoms with Crippen LogP contribution in [0, 0.1) is 23.7 Å². The van der Waals surface area contributed by atoms with Crippen LogP contribution >= 0.6 is 11.3 Å². The summed E-state index contributed by atoms with van der Waals surface area (Å²) in [5.74, 6) is 0.822. The Morgan fingerprint density at radius 1 is 0.952 bits per heavy atom. The Morgan fingerprint density at radius 2 is 1.73 bits per heavy atom. The van der Waals surface area contributed by atoms with E-state index >= 15 is 0 Å². The molecule has 2 aliphatic heterocycles. The van der Waals surface area contributed by atoms with E-state index in [1.807, 2.05) is 29.6 Å². The Morgan fingerprint density at radius 3 is 2.48 bits per heavy atom. The van der Waals surface area contributed by atoms with E-state index in [-0.39, 0.29) is 36.9 Å². The maximum Gasteiger partial charge on any atom is 0.408 e. The van der Waals surface area contributed by atoms with Gasteiger partial charge in [-0.2, -0.15) is 0 Å². The van der Waals surface area contributed by atoms with Gasteiger partial charge in [0.05, 0.1) is 36.9 Å². The Hall–Kier alpha value is -4.74. The first-order valence-electron chi connectivity index (χ1n) is 23.0. The van der Waals surface area contributed by atoms with Crippen molar-refractivity contribution in [2.45, 2.75) is 121 Å². The summed E-state index contributed by atoms with van der Waals surface area (Å²) in [6.07, 6.45) is 8.18. The van der Waals surface area contributed by atoms with E-state index in [1.54, 1.807) is 0 Å². The van der Waals surface area contributed by atoms with Gasteiger partial charge in [-0.1, -0.05) is 32.1 Å². The predicted octanol–water partition coefficient (Wildman–Crippen LogP) is 6.07. The molecule has 3 saturated carbocycles. The molecule has 3 aliphatic carbocycles. The van der Waals surface area contributed by atoms with Crippen molar-refractivity contribution in [3.8, 4) is 22.9 Å². The number of thiazole rings is 1. The number of ether oxygens (including phenoxy) is 4. The molecule has 1 aromatic carbocycles. The second kappa shape index (κ2) is 20.4. The molecule has 63 heavy (non-hydrogen) atoms. The third-order valence-corrected chi connectivity index (χ3v) is 14.0. The Balaban J connectivity index is 0.956. The number of rotatable bonds is 22. The molecule has 3 aromatic rings. The number of nitrogens with one attached hydrogen (secondary N) is 2. The van der Waals surface area contributed by atoms with Crippen LogP contribution in [0.2, 0.25) is 0 Å². The summed E-state index contributed by atoms with van der Waals surface area (Å²) in [6.45, 7) is 8.68. The lowest BCUT2D eigenvalue weighted by molar-refractivity contribution is -0.139. The number of likely N-dealkylation sites (tertiary alicyclic amines) is 1. The van der Waals surface area contributed by atoms with Crippen molar-refractivity contribution in [2.24, 2.45) is 29.4 Å². The number of unbranched alkanes of at least 4 members (excludes halogenated alkanes) is 4. The van der Waals surface area contributed by atoms with Crippen molar-refractivity contribution < 1.29 is 43.2 Å². The molecule has 342 valence electrons. The number of nitrogens with two attached hydrogens (primary N) is 1. The highest BCUT2D eigenvalue weighted by Gasteiger charge is 2.48. The molecule has 5 aliphatic rings. The summed E-state index contributed by atoms with van der Waals surface area (Å²) in [4.78, 5) is 65.6. The van der Waals surface area contributed by atoms with Gasteiger partial charge in [0, 0.05) is 55.0 Å². The number of carboxylic acids is 1. The maximum absolute atomic E-state index is 14.5. The highest BCUT2D eigenvalue weighted by atomic mass is 32.1. The first-order valence-corrected chi connectivity index (χ1v) is 23.9. The predicted molar refractivity (Wildman–Crippen MR) is 238 cm³/mol. The molecule has 16 nitrogen and oxygen atoms in total. The van der Waals surface area contributed by atoms with Crippen LogP contribution in [0.1, 0.15) is 90.9 Å². The molecule has 17 heteroatoms. The fraction of sp³-hybridized carbons (Fsp3) is 0.652. The van der Waals surface area contributed by atoms with Crippen LogP contribution in [-0.4, -0.2) is 125 Å². The van der Waals surface area contributed by atoms with Gasteiger partial charge in [-0.3, -0.25) is 19.3 Å². The number of alkyl carbamates (subject to hydrolysis) is 1. The van der Waals surface area contributed by atoms with Crippen LogP contribution < -0.4 is 25.8 Å². The largest absolute Gasteiger partial charge is 0.492 e. The molecular weight excluding hydrogens is 827 g/mol. The number of pyridine rings is 1. The monoisotopic (exact) mass is 889 g/mol. The molecule has 1 unspecified atom stereocenters. The van der Waals surface area contributed by atoms with Crippen LogP contribution in [0.15, 0.2) is 29.6 Å². The molecule has 8 rings (SSSR count). The first kappa shape index (κ1) is 44.9. The number of amides is 3. The second-order valence-corrected chi connectivity index (χ2v) is 19.3. The van der Waals surface area contributed by atoms with Gasteiger partial charge in [-0.05, 0) is 82.3 Å². The van der Waals surface area contributed by atoms with Crippen LogP contribution in [0.4, 0.5) is 9.93 Å². The van der Waals surface area contributed by atoms with E-state index in [2.05, 4.69) is 29.4 Å². The van der Waals surface area contributed by atoms with E-state index in [4.69, 9.17) is 34.6 Å². The van der Waals surface area contributed by atoms with Crippen LogP contribution in [0.25, 0.3) is 22.3 Å². The number of carbonyl (C=O) groups is 4. The normalized spacial score (nSPS) is 25.7. The van der Waals surface area contributed by atoms with E-state index in [9.17, 15) is 24.3 Å². The number of nitrogens with zero attached hydrogens (tertiary/aromatic N) is 4. The van der Waals surface area contributed by atoms with Gasteiger partial charge in [0.25, 0.3) is 0 Å². The number of aliphatic carboxylic acids is 1. The zero-order chi connectivity index (χ0) is 44.0. The third kappa shape index (κ3) is 11.9. The number of primary amides is 1. The summed E-state index contributed by atoms with van der Waals surface area (Å²) < 4.78 is 24.2. The molecule has 3 amide bonds. The van der Waals surface area contributed by atoms with Gasteiger partial charge in [-0.15, -0.1) is 11.3 Å². The number of carboxylic acid groups (broad SMARTS) is 1. The molecule has 2 saturated heterocycles. The highest BCUT2D eigenvalue weighted by Crippen LogP contribution is 2.52. The minimum Gasteiger partial charge on any atom is -0.492 e. The number of carbonyl (C=O) groups excluding carboxylic acids is 3. The van der Waals surface area contributed by atoms with E-state index < -0.39 is 42.1 Å². The Bertz CT molecular complexity index is 2090. The zero-order valence-electron chi connectivity index (χ0n) is 36.5. The standard InChI is InChI=1S/C46H63N7O9S/c1-27(2)48-45-50-39(26-63-45)38-24-41(34-11-10-31(22-37(34)49-38)60-17-14-52-12-15-59-16-13-52)61-33-23-40(42(47)54)53(25-33)43(55)36(51-46(58)62-32-19-29-18-30(29)20-32)9-7-5-3-4-6-8-28-21-35(28)44(56)57/h10-11,22,24,26-30,32-33,35-36,40H,3-9,12-21,23,25H2,1-2H3,(H2,47,54)(H,48,50)(H,51,58)(H,56,57)/t28-,29-,30+,32+,33?,35+,36+,40+/m1/s1. The quantitative estimate of drug-likeness (QED) is 0.0847. The SMILES string of the molecule is CC(C)Nc1nc(-c2cc(OC3C[C@@H](C(N)=O)N(C(=O)[C@H](CCCCCCC[C@@H]4C[C@@H]4C(=O)O)NC(=O)O[C@@H]4C[C@@H]5C[C@@H]5C4)C3)c3ccc(OCCN4CCOCC4)cc3n2)cs1. The van der Waals surface area contributed by atoms with Crippen molar-refractivity contribution in [3.63, 3.8) is 0 Å². The zero-order valence-corrected chi connectivity index (χ0v) is 37.3. The van der Waals surface area contributed by atoms with Crippen LogP contribution in [-0.2, 0) is 23.9 Å². The maximum atomic E-state index is 14.5. The Kier molecular flexibility index (Phi) is 14.5. The average Bonchev–Trinajstić information content (AvgIpc) is 4.01. The summed E-state index contributed by atoms with van der Waals surface area (Å²) in [6, 6.07) is 5.91. The summed E-state index contributed by atoms with van der Waals surface area (Å²) in [7, 11) is 0.